The Morgan fingerprint density at radius 2 is 1.95 bits per heavy atom. The van der Waals surface area contributed by atoms with E-state index in [0.29, 0.717) is 11.4 Å². The van der Waals surface area contributed by atoms with Gasteiger partial charge in [-0.15, -0.1) is 0 Å². The smallest absolute Gasteiger partial charge is 0.324 e. The second kappa shape index (κ2) is 5.31. The van der Waals surface area contributed by atoms with Crippen molar-refractivity contribution in [3.63, 3.8) is 0 Å². The van der Waals surface area contributed by atoms with Crippen molar-refractivity contribution in [2.75, 3.05) is 0 Å². The van der Waals surface area contributed by atoms with Gasteiger partial charge in [-0.2, -0.15) is 18.3 Å². The zero-order valence-electron chi connectivity index (χ0n) is 11.7. The van der Waals surface area contributed by atoms with Gasteiger partial charge < -0.3 is 5.73 Å². The van der Waals surface area contributed by atoms with Crippen LogP contribution in [0.5, 0.6) is 0 Å². The third-order valence-corrected chi connectivity index (χ3v) is 3.43. The second-order valence-electron chi connectivity index (χ2n) is 4.81. The van der Waals surface area contributed by atoms with Crippen LogP contribution in [0.1, 0.15) is 35.5 Å². The number of hydrogen-bond acceptors (Lipinski definition) is 3. The molecule has 2 rings (SSSR count). The average molecular weight is 319 g/mol. The van der Waals surface area contributed by atoms with Crippen molar-refractivity contribution in [3.8, 4) is 5.82 Å². The molecule has 0 radical (unpaired) electrons. The molecule has 0 saturated heterocycles. The van der Waals surface area contributed by atoms with E-state index in [0.717, 1.165) is 17.8 Å². The summed E-state index contributed by atoms with van der Waals surface area (Å²) < 4.78 is 39.3. The molecule has 0 amide bonds. The molecule has 0 aromatic carbocycles. The summed E-state index contributed by atoms with van der Waals surface area (Å²) in [7, 11) is 0. The molecule has 0 aliphatic heterocycles. The maximum atomic E-state index is 12.6. The average Bonchev–Trinajstić information content (AvgIpc) is 2.63. The van der Waals surface area contributed by atoms with Crippen LogP contribution in [0.4, 0.5) is 13.2 Å². The summed E-state index contributed by atoms with van der Waals surface area (Å²) in [6, 6.07) is 0.596. The van der Waals surface area contributed by atoms with Gasteiger partial charge in [0.2, 0.25) is 0 Å². The fourth-order valence-corrected chi connectivity index (χ4v) is 2.51. The lowest BCUT2D eigenvalue weighted by molar-refractivity contribution is -0.137. The van der Waals surface area contributed by atoms with Crippen LogP contribution in [-0.4, -0.2) is 14.8 Å². The first-order chi connectivity index (χ1) is 9.62. The van der Waals surface area contributed by atoms with Gasteiger partial charge in [-0.1, -0.05) is 11.6 Å². The second-order valence-corrected chi connectivity index (χ2v) is 5.22. The van der Waals surface area contributed by atoms with E-state index < -0.39 is 11.7 Å². The zero-order valence-corrected chi connectivity index (χ0v) is 12.4. The molecule has 2 aromatic rings. The van der Waals surface area contributed by atoms with E-state index in [1.165, 1.54) is 4.68 Å². The normalized spacial score (nSPS) is 13.5. The first kappa shape index (κ1) is 15.8. The summed E-state index contributed by atoms with van der Waals surface area (Å²) in [4.78, 5) is 3.80. The Balaban J connectivity index is 2.56. The van der Waals surface area contributed by atoms with Crippen LogP contribution in [-0.2, 0) is 6.18 Å². The standard InChI is InChI=1S/C13H14ClF3N4/c1-6(18)11-7(2)20-21(8(11)3)12-10(14)4-9(5-19-12)13(15,16)17/h4-6H,18H2,1-3H3. The number of pyridine rings is 1. The molecule has 2 heterocycles. The van der Waals surface area contributed by atoms with E-state index in [-0.39, 0.29) is 16.9 Å². The number of nitrogens with two attached hydrogens (primary N) is 1. The van der Waals surface area contributed by atoms with E-state index in [4.69, 9.17) is 17.3 Å². The summed E-state index contributed by atoms with van der Waals surface area (Å²) in [5, 5.41) is 4.14. The van der Waals surface area contributed by atoms with Crippen molar-refractivity contribution in [2.45, 2.75) is 33.0 Å². The monoisotopic (exact) mass is 318 g/mol. The Morgan fingerprint density at radius 1 is 1.33 bits per heavy atom. The first-order valence-electron chi connectivity index (χ1n) is 6.17. The molecule has 2 aromatic heterocycles. The van der Waals surface area contributed by atoms with Crippen LogP contribution in [0.3, 0.4) is 0 Å². The Kier molecular flexibility index (Phi) is 3.99. The van der Waals surface area contributed by atoms with E-state index in [9.17, 15) is 13.2 Å². The predicted molar refractivity (Wildman–Crippen MR) is 73.4 cm³/mol. The fourth-order valence-electron chi connectivity index (χ4n) is 2.26. The van der Waals surface area contributed by atoms with Gasteiger partial charge in [0.25, 0.3) is 0 Å². The van der Waals surface area contributed by atoms with Gasteiger partial charge in [0.15, 0.2) is 5.82 Å². The molecule has 0 fully saturated rings. The Hall–Kier alpha value is -1.60. The van der Waals surface area contributed by atoms with Gasteiger partial charge in [-0.25, -0.2) is 9.67 Å². The van der Waals surface area contributed by atoms with Crippen LogP contribution < -0.4 is 5.73 Å². The Morgan fingerprint density at radius 3 is 2.38 bits per heavy atom. The highest BCUT2D eigenvalue weighted by molar-refractivity contribution is 6.32. The molecule has 4 nitrogen and oxygen atoms in total. The van der Waals surface area contributed by atoms with Crippen LogP contribution in [0.25, 0.3) is 5.82 Å². The molecular formula is C13H14ClF3N4. The van der Waals surface area contributed by atoms with Crippen molar-refractivity contribution in [1.29, 1.82) is 0 Å². The van der Waals surface area contributed by atoms with Crippen molar-refractivity contribution >= 4 is 11.6 Å². The maximum absolute atomic E-state index is 12.6. The summed E-state index contributed by atoms with van der Waals surface area (Å²) in [6.45, 7) is 5.36. The molecule has 0 aliphatic rings. The Bertz CT molecular complexity index is 677. The lowest BCUT2D eigenvalue weighted by Gasteiger charge is -2.11. The van der Waals surface area contributed by atoms with Gasteiger partial charge >= 0.3 is 6.18 Å². The highest BCUT2D eigenvalue weighted by Crippen LogP contribution is 2.32. The van der Waals surface area contributed by atoms with Gasteiger partial charge in [-0.05, 0) is 26.8 Å². The molecule has 2 N–H and O–H groups in total. The van der Waals surface area contributed by atoms with Crippen molar-refractivity contribution in [1.82, 2.24) is 14.8 Å². The molecular weight excluding hydrogens is 305 g/mol. The van der Waals surface area contributed by atoms with Gasteiger partial charge in [0, 0.05) is 23.5 Å². The SMILES string of the molecule is Cc1nn(-c2ncc(C(F)(F)F)cc2Cl)c(C)c1C(C)N. The number of aryl methyl sites for hydroxylation is 1. The number of aromatic nitrogens is 3. The Labute approximate surface area is 124 Å². The van der Waals surface area contributed by atoms with Gasteiger partial charge in [0.1, 0.15) is 0 Å². The number of nitrogens with zero attached hydrogens (tertiary/aromatic N) is 3. The number of halogens is 4. The highest BCUT2D eigenvalue weighted by atomic mass is 35.5. The van der Waals surface area contributed by atoms with Gasteiger partial charge in [-0.3, -0.25) is 0 Å². The molecule has 1 atom stereocenters. The summed E-state index contributed by atoms with van der Waals surface area (Å²) in [5.41, 5.74) is 7.20. The van der Waals surface area contributed by atoms with Crippen molar-refractivity contribution < 1.29 is 13.2 Å². The van der Waals surface area contributed by atoms with E-state index in [2.05, 4.69) is 10.1 Å². The topological polar surface area (TPSA) is 56.7 Å². The minimum absolute atomic E-state index is 0.119. The summed E-state index contributed by atoms with van der Waals surface area (Å²) in [5.74, 6) is 0.150. The predicted octanol–water partition coefficient (Wildman–Crippen LogP) is 3.58. The van der Waals surface area contributed by atoms with Crippen molar-refractivity contribution in [3.05, 3.63) is 39.8 Å². The first-order valence-corrected chi connectivity index (χ1v) is 6.55. The van der Waals surface area contributed by atoms with Crippen LogP contribution in [0, 0.1) is 13.8 Å². The molecule has 114 valence electrons. The van der Waals surface area contributed by atoms with E-state index >= 15 is 0 Å². The minimum atomic E-state index is -4.48. The lowest BCUT2D eigenvalue weighted by atomic mass is 10.1. The molecule has 8 heteroatoms. The molecule has 0 spiro atoms. The number of rotatable bonds is 2. The third-order valence-electron chi connectivity index (χ3n) is 3.15. The van der Waals surface area contributed by atoms with Crippen molar-refractivity contribution in [2.24, 2.45) is 5.73 Å². The summed E-state index contributed by atoms with van der Waals surface area (Å²) in [6.07, 6.45) is -3.75. The van der Waals surface area contributed by atoms with E-state index in [1.807, 2.05) is 6.92 Å². The quantitative estimate of drug-likeness (QED) is 0.921. The molecule has 0 saturated carbocycles. The molecule has 0 aliphatic carbocycles. The van der Waals surface area contributed by atoms with Crippen LogP contribution in [0.15, 0.2) is 12.3 Å². The van der Waals surface area contributed by atoms with Crippen LogP contribution >= 0.6 is 11.6 Å². The summed E-state index contributed by atoms with van der Waals surface area (Å²) >= 11 is 5.93. The lowest BCUT2D eigenvalue weighted by Crippen LogP contribution is -2.10. The van der Waals surface area contributed by atoms with Gasteiger partial charge in [0.05, 0.1) is 16.3 Å². The molecule has 0 bridgehead atoms. The highest BCUT2D eigenvalue weighted by Gasteiger charge is 2.32. The third kappa shape index (κ3) is 2.89. The number of alkyl halides is 3. The minimum Gasteiger partial charge on any atom is -0.324 e. The fraction of sp³-hybridized carbons (Fsp3) is 0.385. The molecule has 21 heavy (non-hydrogen) atoms. The largest absolute Gasteiger partial charge is 0.417 e. The maximum Gasteiger partial charge on any atom is 0.417 e. The van der Waals surface area contributed by atoms with Crippen LogP contribution in [0.2, 0.25) is 5.02 Å². The molecule has 1 unspecified atom stereocenters. The number of hydrogen-bond donors (Lipinski definition) is 1. The van der Waals surface area contributed by atoms with E-state index in [1.54, 1.807) is 13.8 Å². The zero-order chi connectivity index (χ0) is 15.9.